The molecule has 0 aromatic carbocycles. The summed E-state index contributed by atoms with van der Waals surface area (Å²) in [4.78, 5) is 0. The monoisotopic (exact) mass is 360 g/mol. The van der Waals surface area contributed by atoms with Crippen LogP contribution >= 0.6 is 9.90 Å². The van der Waals surface area contributed by atoms with Gasteiger partial charge in [0.25, 0.3) is 0 Å². The summed E-state index contributed by atoms with van der Waals surface area (Å²) >= 11 is 2.43. The maximum absolute atomic E-state index is 8.60. The molecule has 1 N–H and O–H groups in total. The molecule has 0 aliphatic heterocycles. The largest absolute Gasteiger partial charge is 0.183 e. The smallest absolute Gasteiger partial charge is 0.0777 e. The minimum Gasteiger partial charge on any atom is -0.183 e. The maximum atomic E-state index is 8.60. The van der Waals surface area contributed by atoms with Gasteiger partial charge in [0.05, 0.1) is 14.9 Å². The number of hydrogen-bond acceptors (Lipinski definition) is 4. The zero-order valence-electron chi connectivity index (χ0n) is 4.77. The molecular weight excluding hydrogens is 351 g/mol. The molecule has 0 aromatic heterocycles. The third-order valence-electron chi connectivity index (χ3n) is 0. The molecule has 0 radical (unpaired) electrons. The van der Waals surface area contributed by atoms with Gasteiger partial charge in [-0.1, -0.05) is 0 Å². The van der Waals surface area contributed by atoms with Gasteiger partial charge in [0, 0.05) is 0 Å². The zero-order chi connectivity index (χ0) is 7.21. The summed E-state index contributed by atoms with van der Waals surface area (Å²) in [6.45, 7) is 2.10. The second kappa shape index (κ2) is 9.30. The topological polar surface area (TPSA) is 89.4 Å². The van der Waals surface area contributed by atoms with Crippen molar-refractivity contribution in [2.75, 3.05) is 0 Å². The van der Waals surface area contributed by atoms with E-state index in [2.05, 4.69) is 28.0 Å². The Bertz CT molecular complexity index is 42.3. The number of halogens is 1. The molecule has 64 valence electrons. The van der Waals surface area contributed by atoms with Crippen LogP contribution in [0.2, 0.25) is 4.64 Å². The van der Waals surface area contributed by atoms with E-state index in [1.54, 1.807) is 0 Å². The van der Waals surface area contributed by atoms with E-state index in [-0.39, 0.29) is 9.90 Å². The third kappa shape index (κ3) is 293. The van der Waals surface area contributed by atoms with E-state index in [1.807, 2.05) is 0 Å². The first kappa shape index (κ1) is 16.7. The van der Waals surface area contributed by atoms with Crippen molar-refractivity contribution in [3.63, 3.8) is 0 Å². The summed E-state index contributed by atoms with van der Waals surface area (Å²) in [6.07, 6.45) is 0. The molecule has 0 fully saturated rings. The Morgan fingerprint density at radius 3 is 1.44 bits per heavy atom. The van der Waals surface area contributed by atoms with E-state index in [0.29, 0.717) is 0 Å². The van der Waals surface area contributed by atoms with Crippen molar-refractivity contribution in [2.45, 2.75) is 11.6 Å². The van der Waals surface area contributed by atoms with E-state index in [4.69, 9.17) is 18.6 Å². The first-order valence-corrected chi connectivity index (χ1v) is 4.35. The second-order valence-corrected chi connectivity index (χ2v) is 2.93. The average Bonchev–Trinajstić information content (AvgIpc) is 1.27. The van der Waals surface area contributed by atoms with Crippen LogP contribution in [0.1, 0.15) is 6.92 Å². The van der Waals surface area contributed by atoms with Gasteiger partial charge in [-0.05, 0) is 0 Å². The molecule has 0 saturated carbocycles. The Balaban J connectivity index is -0.0000000800. The average molecular weight is 360 g/mol. The van der Waals surface area contributed by atoms with Gasteiger partial charge >= 0.3 is 32.6 Å². The Morgan fingerprint density at radius 1 is 1.44 bits per heavy atom. The van der Waals surface area contributed by atoms with Crippen molar-refractivity contribution in [3.8, 4) is 0 Å². The van der Waals surface area contributed by atoms with Crippen LogP contribution in [0, 0.1) is 10.2 Å². The molecule has 0 bridgehead atoms. The van der Waals surface area contributed by atoms with Crippen molar-refractivity contribution in [2.24, 2.45) is 0 Å². The molecule has 9 heavy (non-hydrogen) atoms. The zero-order valence-corrected chi connectivity index (χ0v) is 9.10. The number of hydrogen-bond donors (Lipinski definition) is 1. The van der Waals surface area contributed by atoms with E-state index in [0.717, 1.165) is 0 Å². The molecule has 0 heterocycles. The summed E-state index contributed by atoms with van der Waals surface area (Å²) < 4.78 is 33.9. The molecule has 0 aromatic rings. The first-order valence-electron chi connectivity index (χ1n) is 1.55. The van der Waals surface area contributed by atoms with E-state index >= 15 is 0 Å². The van der Waals surface area contributed by atoms with Gasteiger partial charge in [-0.15, -0.1) is 0 Å². The standard InChI is InChI=1S/C2H5.Au.ClHO4.H3P/c1-2;;2-1(3,4)5;/h1H2,2H3;;(H,2,3,4,5);1H3. The van der Waals surface area contributed by atoms with Crippen LogP contribution in [0.4, 0.5) is 0 Å². The molecule has 0 aliphatic carbocycles. The molecule has 0 spiro atoms. The number of rotatable bonds is 0. The maximum Gasteiger partial charge on any atom is 0.0777 e. The molecule has 0 saturated heterocycles. The van der Waals surface area contributed by atoms with E-state index in [1.165, 1.54) is 4.64 Å². The summed E-state index contributed by atoms with van der Waals surface area (Å²) in [5.41, 5.74) is 0. The summed E-state index contributed by atoms with van der Waals surface area (Å²) in [5.74, 6) is 0. The predicted molar refractivity (Wildman–Crippen MR) is 23.8 cm³/mol. The van der Waals surface area contributed by atoms with Crippen LogP contribution in [0.15, 0.2) is 0 Å². The first-order chi connectivity index (χ1) is 3.41. The normalized spacial score (nSPS) is 8.78. The van der Waals surface area contributed by atoms with Crippen LogP contribution in [-0.4, -0.2) is 4.66 Å². The summed E-state index contributed by atoms with van der Waals surface area (Å²) in [6, 6.07) is 0. The molecule has 1 unspecified atom stereocenters. The van der Waals surface area contributed by atoms with Gasteiger partial charge in [0.15, 0.2) is 0 Å². The predicted octanol–water partition coefficient (Wildman–Crippen LogP) is -3.09. The Labute approximate surface area is 71.5 Å². The fourth-order valence-corrected chi connectivity index (χ4v) is 0. The van der Waals surface area contributed by atoms with Crippen LogP contribution in [0.25, 0.3) is 0 Å². The fourth-order valence-electron chi connectivity index (χ4n) is 0. The molecule has 7 heteroatoms. The fraction of sp³-hybridized carbons (Fsp3) is 1.00. The molecule has 0 amide bonds. The van der Waals surface area contributed by atoms with Crippen molar-refractivity contribution in [1.29, 1.82) is 0 Å². The van der Waals surface area contributed by atoms with Crippen molar-refractivity contribution in [1.82, 2.24) is 0 Å². The van der Waals surface area contributed by atoms with Crippen molar-refractivity contribution < 1.29 is 49.9 Å². The molecule has 0 aliphatic rings. The van der Waals surface area contributed by atoms with E-state index in [9.17, 15) is 0 Å². The van der Waals surface area contributed by atoms with Crippen molar-refractivity contribution in [3.05, 3.63) is 0 Å². The van der Waals surface area contributed by atoms with Crippen LogP contribution in [-0.2, 0) is 21.1 Å². The Kier molecular flexibility index (Phi) is 17.3. The summed E-state index contributed by atoms with van der Waals surface area (Å²) in [5, 5.41) is 0. The Morgan fingerprint density at radius 2 is 1.44 bits per heavy atom. The Hall–Kier alpha value is 1.30. The molecule has 1 atom stereocenters. The van der Waals surface area contributed by atoms with Gasteiger partial charge in [0.2, 0.25) is 0 Å². The third-order valence-corrected chi connectivity index (χ3v) is 0. The minimum absolute atomic E-state index is 0. The van der Waals surface area contributed by atoms with Crippen molar-refractivity contribution >= 4 is 9.90 Å². The summed E-state index contributed by atoms with van der Waals surface area (Å²) in [7, 11) is -4.69. The SMILES string of the molecule is C[CH2][Au].P.[O-][Cl+3]([O-])([O-])O. The van der Waals surface area contributed by atoms with Gasteiger partial charge in [-0.25, -0.2) is 0 Å². The second-order valence-electron chi connectivity index (χ2n) is 0.609. The molecule has 0 rings (SSSR count). The molecule has 4 nitrogen and oxygen atoms in total. The van der Waals surface area contributed by atoms with Gasteiger partial charge in [0.1, 0.15) is 0 Å². The molecular formula is C2H9AuClO4P. The van der Waals surface area contributed by atoms with Gasteiger partial charge < -0.3 is 0 Å². The van der Waals surface area contributed by atoms with E-state index < -0.39 is 10.2 Å². The van der Waals surface area contributed by atoms with Crippen LogP contribution in [0.3, 0.4) is 0 Å². The van der Waals surface area contributed by atoms with Crippen LogP contribution < -0.4 is 14.0 Å². The quantitative estimate of drug-likeness (QED) is 0.366. The van der Waals surface area contributed by atoms with Gasteiger partial charge in [-0.2, -0.15) is 23.9 Å². The minimum atomic E-state index is -4.69. The van der Waals surface area contributed by atoms with Gasteiger partial charge in [-0.3, -0.25) is 0 Å². The van der Waals surface area contributed by atoms with Crippen LogP contribution in [0.5, 0.6) is 0 Å².